The molecule has 0 fully saturated rings. The molecule has 0 atom stereocenters. The minimum atomic E-state index is -0.684. The predicted molar refractivity (Wildman–Crippen MR) is 42.0 cm³/mol. The molecule has 0 unspecified atom stereocenters. The van der Waals surface area contributed by atoms with Gasteiger partial charge in [-0.3, -0.25) is 0 Å². The van der Waals surface area contributed by atoms with E-state index >= 15 is 0 Å². The quantitative estimate of drug-likeness (QED) is 0.663. The summed E-state index contributed by atoms with van der Waals surface area (Å²) in [7, 11) is 1.23. The van der Waals surface area contributed by atoms with Crippen LogP contribution in [0.15, 0.2) is 12.1 Å². The van der Waals surface area contributed by atoms with E-state index < -0.39 is 11.6 Å². The molecule has 1 radical (unpaired) electrons. The minimum absolute atomic E-state index is 0.341. The molecule has 1 aromatic carbocycles. The Kier molecular flexibility index (Phi) is 2.63. The van der Waals surface area contributed by atoms with E-state index in [1.54, 1.807) is 0 Å². The summed E-state index contributed by atoms with van der Waals surface area (Å²) in [6.45, 7) is 3.52. The highest BCUT2D eigenvalue weighted by molar-refractivity contribution is 5.31. The van der Waals surface area contributed by atoms with E-state index in [1.165, 1.54) is 19.2 Å². The fraction of sp³-hybridized carbons (Fsp3) is 0.222. The van der Waals surface area contributed by atoms with E-state index in [0.717, 1.165) is 0 Å². The van der Waals surface area contributed by atoms with Gasteiger partial charge >= 0.3 is 0 Å². The maximum atomic E-state index is 12.9. The van der Waals surface area contributed by atoms with Crippen LogP contribution >= 0.6 is 0 Å². The standard InChI is InChI=1S/C9H9F2O/c1-3-6-4-7(10)9(12-2)8(11)5-6/h4-5H,1,3H2,2H3. The lowest BCUT2D eigenvalue weighted by atomic mass is 10.1. The van der Waals surface area contributed by atoms with Crippen molar-refractivity contribution in [3.8, 4) is 5.75 Å². The molecule has 3 heteroatoms. The second kappa shape index (κ2) is 3.52. The molecular weight excluding hydrogens is 162 g/mol. The smallest absolute Gasteiger partial charge is 0.190 e. The molecule has 0 spiro atoms. The molecule has 12 heavy (non-hydrogen) atoms. The molecule has 0 saturated heterocycles. The molecule has 0 aliphatic carbocycles. The molecule has 1 aromatic rings. The van der Waals surface area contributed by atoms with Crippen LogP contribution in [0.3, 0.4) is 0 Å². The van der Waals surface area contributed by atoms with Crippen LogP contribution in [0.4, 0.5) is 8.78 Å². The van der Waals surface area contributed by atoms with Gasteiger partial charge in [-0.1, -0.05) is 0 Å². The summed E-state index contributed by atoms with van der Waals surface area (Å²) >= 11 is 0. The van der Waals surface area contributed by atoms with Gasteiger partial charge in [0.2, 0.25) is 0 Å². The zero-order valence-electron chi connectivity index (χ0n) is 6.73. The Labute approximate surface area is 70.0 Å². The highest BCUT2D eigenvalue weighted by atomic mass is 19.1. The first-order chi connectivity index (χ1) is 5.69. The molecular formula is C9H9F2O. The molecule has 0 saturated carbocycles. The molecule has 0 heterocycles. The summed E-state index contributed by atoms with van der Waals surface area (Å²) in [6.07, 6.45) is 0.359. The van der Waals surface area contributed by atoms with Gasteiger partial charge in [-0.15, -0.1) is 0 Å². The second-order valence-electron chi connectivity index (χ2n) is 2.34. The van der Waals surface area contributed by atoms with Crippen LogP contribution < -0.4 is 4.74 Å². The average Bonchev–Trinajstić information content (AvgIpc) is 2.03. The Morgan fingerprint density at radius 1 is 1.33 bits per heavy atom. The van der Waals surface area contributed by atoms with Crippen molar-refractivity contribution in [2.45, 2.75) is 6.42 Å². The summed E-state index contributed by atoms with van der Waals surface area (Å²) in [5.74, 6) is -1.71. The maximum absolute atomic E-state index is 12.9. The van der Waals surface area contributed by atoms with Gasteiger partial charge in [0.05, 0.1) is 7.11 Å². The van der Waals surface area contributed by atoms with E-state index in [1.807, 2.05) is 0 Å². The van der Waals surface area contributed by atoms with Crippen LogP contribution in [0.2, 0.25) is 0 Å². The largest absolute Gasteiger partial charge is 0.491 e. The van der Waals surface area contributed by atoms with E-state index in [4.69, 9.17) is 0 Å². The molecule has 1 nitrogen and oxygen atoms in total. The fourth-order valence-corrected chi connectivity index (χ4v) is 0.952. The van der Waals surface area contributed by atoms with Gasteiger partial charge in [0, 0.05) is 0 Å². The Balaban J connectivity index is 3.18. The van der Waals surface area contributed by atoms with E-state index in [9.17, 15) is 8.78 Å². The summed E-state index contributed by atoms with van der Waals surface area (Å²) in [5, 5.41) is 0. The van der Waals surface area contributed by atoms with Crippen molar-refractivity contribution in [1.29, 1.82) is 0 Å². The average molecular weight is 171 g/mol. The van der Waals surface area contributed by atoms with Gasteiger partial charge in [-0.05, 0) is 31.0 Å². The van der Waals surface area contributed by atoms with Crippen molar-refractivity contribution in [2.75, 3.05) is 7.11 Å². The Morgan fingerprint density at radius 3 is 2.17 bits per heavy atom. The van der Waals surface area contributed by atoms with Crippen LogP contribution in [0, 0.1) is 18.6 Å². The molecule has 0 aromatic heterocycles. The number of hydrogen-bond acceptors (Lipinski definition) is 1. The van der Waals surface area contributed by atoms with Gasteiger partial charge < -0.3 is 4.74 Å². The predicted octanol–water partition coefficient (Wildman–Crippen LogP) is 2.35. The van der Waals surface area contributed by atoms with Crippen LogP contribution in [-0.2, 0) is 6.42 Å². The van der Waals surface area contributed by atoms with Gasteiger partial charge in [0.15, 0.2) is 17.4 Å². The summed E-state index contributed by atoms with van der Waals surface area (Å²) in [6, 6.07) is 2.43. The fourth-order valence-electron chi connectivity index (χ4n) is 0.952. The Morgan fingerprint density at radius 2 is 1.83 bits per heavy atom. The second-order valence-corrected chi connectivity index (χ2v) is 2.34. The van der Waals surface area contributed by atoms with Crippen molar-refractivity contribution in [1.82, 2.24) is 0 Å². The minimum Gasteiger partial charge on any atom is -0.491 e. The lowest BCUT2D eigenvalue weighted by Crippen LogP contribution is -1.94. The van der Waals surface area contributed by atoms with Crippen molar-refractivity contribution in [3.63, 3.8) is 0 Å². The van der Waals surface area contributed by atoms with Gasteiger partial charge in [0.1, 0.15) is 0 Å². The SMILES string of the molecule is [CH2]Cc1cc(F)c(OC)c(F)c1. The van der Waals surface area contributed by atoms with Crippen LogP contribution in [0.5, 0.6) is 5.75 Å². The molecule has 0 aliphatic heterocycles. The summed E-state index contributed by atoms with van der Waals surface area (Å²) in [4.78, 5) is 0. The Bertz CT molecular complexity index is 261. The van der Waals surface area contributed by atoms with Gasteiger partial charge in [-0.25, -0.2) is 8.78 Å². The van der Waals surface area contributed by atoms with Crippen LogP contribution in [0.25, 0.3) is 0 Å². The number of ether oxygens (including phenoxy) is 1. The lowest BCUT2D eigenvalue weighted by Gasteiger charge is -2.04. The number of halogens is 2. The van der Waals surface area contributed by atoms with Crippen molar-refractivity contribution >= 4 is 0 Å². The molecule has 0 amide bonds. The third kappa shape index (κ3) is 1.55. The molecule has 0 N–H and O–H groups in total. The highest BCUT2D eigenvalue weighted by Gasteiger charge is 2.09. The first-order valence-electron chi connectivity index (χ1n) is 3.50. The summed E-state index contributed by atoms with van der Waals surface area (Å²) in [5.41, 5.74) is 0.519. The number of hydrogen-bond donors (Lipinski definition) is 0. The van der Waals surface area contributed by atoms with E-state index in [-0.39, 0.29) is 5.75 Å². The third-order valence-electron chi connectivity index (χ3n) is 1.55. The van der Waals surface area contributed by atoms with Crippen molar-refractivity contribution in [3.05, 3.63) is 36.3 Å². The lowest BCUT2D eigenvalue weighted by molar-refractivity contribution is 0.359. The van der Waals surface area contributed by atoms with Crippen LogP contribution in [0.1, 0.15) is 5.56 Å². The maximum Gasteiger partial charge on any atom is 0.190 e. The first-order valence-corrected chi connectivity index (χ1v) is 3.50. The number of methoxy groups -OCH3 is 1. The normalized spacial score (nSPS) is 10.0. The number of rotatable bonds is 2. The van der Waals surface area contributed by atoms with Crippen molar-refractivity contribution in [2.24, 2.45) is 0 Å². The number of benzene rings is 1. The monoisotopic (exact) mass is 171 g/mol. The molecule has 0 aliphatic rings. The molecule has 65 valence electrons. The molecule has 0 bridgehead atoms. The first kappa shape index (κ1) is 8.97. The van der Waals surface area contributed by atoms with E-state index in [2.05, 4.69) is 11.7 Å². The van der Waals surface area contributed by atoms with Crippen LogP contribution in [-0.4, -0.2) is 7.11 Å². The van der Waals surface area contributed by atoms with E-state index in [0.29, 0.717) is 12.0 Å². The topological polar surface area (TPSA) is 9.23 Å². The Hall–Kier alpha value is -1.12. The third-order valence-corrected chi connectivity index (χ3v) is 1.55. The highest BCUT2D eigenvalue weighted by Crippen LogP contribution is 2.22. The zero-order valence-corrected chi connectivity index (χ0v) is 6.73. The molecule has 1 rings (SSSR count). The van der Waals surface area contributed by atoms with Crippen molar-refractivity contribution < 1.29 is 13.5 Å². The summed E-state index contributed by atoms with van der Waals surface area (Å²) < 4.78 is 30.3. The zero-order chi connectivity index (χ0) is 9.14. The van der Waals surface area contributed by atoms with Gasteiger partial charge in [-0.2, -0.15) is 0 Å². The van der Waals surface area contributed by atoms with Gasteiger partial charge in [0.25, 0.3) is 0 Å².